The number of likely N-dealkylation sites (tertiary alicyclic amines) is 1. The molecule has 2 rings (SSSR count). The van der Waals surface area contributed by atoms with E-state index < -0.39 is 29.6 Å². The molecule has 0 aliphatic carbocycles. The molecule has 0 saturated carbocycles. The first kappa shape index (κ1) is 36.5. The van der Waals surface area contributed by atoms with E-state index in [9.17, 15) is 19.5 Å². The molecule has 1 saturated heterocycles. The number of hydrogen-bond donors (Lipinski definition) is 2. The second-order valence-corrected chi connectivity index (χ2v) is 12.9. The highest BCUT2D eigenvalue weighted by Gasteiger charge is 2.40. The van der Waals surface area contributed by atoms with Crippen LogP contribution in [0.3, 0.4) is 0 Å². The first-order valence-electron chi connectivity index (χ1n) is 15.6. The van der Waals surface area contributed by atoms with Gasteiger partial charge in [-0.2, -0.15) is 0 Å². The third-order valence-corrected chi connectivity index (χ3v) is 8.61. The highest BCUT2D eigenvalue weighted by molar-refractivity contribution is 5.85. The standard InChI is InChI=1S/C33H55N3O7/c1-10-22(2)28(35(7)32(40)43-33(4,5)6)27(41-8)18-20-36-19-14-17-26(36)29(42-9)23(3)30(37)34-25(31(38)39)21-24-15-12-11-13-16-24/h11-13,15-16,22-23,25-29H,10,14,17-21H2,1-9H3,(H,34,37)(H,38,39)/t22-,23+,25-,26-,27+,28-,29+/m0/s1. The van der Waals surface area contributed by atoms with E-state index in [4.69, 9.17) is 14.2 Å². The third-order valence-electron chi connectivity index (χ3n) is 8.61. The monoisotopic (exact) mass is 605 g/mol. The Labute approximate surface area is 258 Å². The number of aliphatic carboxylic acids is 1. The highest BCUT2D eigenvalue weighted by atomic mass is 16.6. The van der Waals surface area contributed by atoms with Gasteiger partial charge in [0.2, 0.25) is 5.91 Å². The summed E-state index contributed by atoms with van der Waals surface area (Å²) in [4.78, 5) is 42.3. The number of rotatable bonds is 16. The van der Waals surface area contributed by atoms with Gasteiger partial charge in [0.1, 0.15) is 11.6 Å². The van der Waals surface area contributed by atoms with Crippen LogP contribution in [0.5, 0.6) is 0 Å². The Balaban J connectivity index is 2.12. The van der Waals surface area contributed by atoms with Crippen LogP contribution >= 0.6 is 0 Å². The van der Waals surface area contributed by atoms with E-state index in [-0.39, 0.29) is 42.5 Å². The summed E-state index contributed by atoms with van der Waals surface area (Å²) in [5.74, 6) is -1.78. The Kier molecular flexibility index (Phi) is 14.4. The lowest BCUT2D eigenvalue weighted by Gasteiger charge is -2.39. The molecule has 1 aromatic carbocycles. The van der Waals surface area contributed by atoms with Crippen molar-refractivity contribution < 1.29 is 33.7 Å². The molecular formula is C33H55N3O7. The molecule has 1 aromatic rings. The largest absolute Gasteiger partial charge is 0.480 e. The van der Waals surface area contributed by atoms with Gasteiger partial charge in [-0.25, -0.2) is 9.59 Å². The molecule has 0 unspecified atom stereocenters. The molecule has 43 heavy (non-hydrogen) atoms. The van der Waals surface area contributed by atoms with Crippen LogP contribution in [0.4, 0.5) is 4.79 Å². The molecule has 10 heteroatoms. The average molecular weight is 606 g/mol. The number of likely N-dealkylation sites (N-methyl/N-ethyl adjacent to an activating group) is 1. The summed E-state index contributed by atoms with van der Waals surface area (Å²) < 4.78 is 17.6. The van der Waals surface area contributed by atoms with Crippen LogP contribution in [0.1, 0.15) is 72.8 Å². The van der Waals surface area contributed by atoms with Crippen molar-refractivity contribution in [3.63, 3.8) is 0 Å². The smallest absolute Gasteiger partial charge is 0.410 e. The third kappa shape index (κ3) is 10.8. The molecule has 1 heterocycles. The Hall–Kier alpha value is -2.69. The van der Waals surface area contributed by atoms with E-state index in [0.29, 0.717) is 13.0 Å². The summed E-state index contributed by atoms with van der Waals surface area (Å²) in [5, 5.41) is 12.5. The van der Waals surface area contributed by atoms with E-state index >= 15 is 0 Å². The van der Waals surface area contributed by atoms with Gasteiger partial charge in [0.05, 0.1) is 24.2 Å². The first-order chi connectivity index (χ1) is 20.2. The van der Waals surface area contributed by atoms with Crippen molar-refractivity contribution in [2.75, 3.05) is 34.4 Å². The number of carbonyl (C=O) groups excluding carboxylic acids is 2. The highest BCUT2D eigenvalue weighted by Crippen LogP contribution is 2.29. The van der Waals surface area contributed by atoms with Crippen LogP contribution in [0.2, 0.25) is 0 Å². The summed E-state index contributed by atoms with van der Waals surface area (Å²) >= 11 is 0. The molecule has 1 aliphatic rings. The first-order valence-corrected chi connectivity index (χ1v) is 15.6. The topological polar surface area (TPSA) is 118 Å². The van der Waals surface area contributed by atoms with Gasteiger partial charge in [0.15, 0.2) is 0 Å². The van der Waals surface area contributed by atoms with Gasteiger partial charge >= 0.3 is 12.1 Å². The maximum Gasteiger partial charge on any atom is 0.410 e. The van der Waals surface area contributed by atoms with E-state index in [1.807, 2.05) is 51.1 Å². The van der Waals surface area contributed by atoms with Crippen molar-refractivity contribution in [1.29, 1.82) is 0 Å². The van der Waals surface area contributed by atoms with Gasteiger partial charge in [-0.05, 0) is 58.1 Å². The summed E-state index contributed by atoms with van der Waals surface area (Å²) in [5.41, 5.74) is 0.245. The average Bonchev–Trinajstić information content (AvgIpc) is 3.42. The Morgan fingerprint density at radius 3 is 2.30 bits per heavy atom. The van der Waals surface area contributed by atoms with Gasteiger partial charge in [-0.3, -0.25) is 9.69 Å². The Morgan fingerprint density at radius 2 is 1.77 bits per heavy atom. The summed E-state index contributed by atoms with van der Waals surface area (Å²) in [6, 6.07) is 8.06. The van der Waals surface area contributed by atoms with Crippen molar-refractivity contribution in [2.24, 2.45) is 11.8 Å². The lowest BCUT2D eigenvalue weighted by atomic mass is 9.90. The van der Waals surface area contributed by atoms with Crippen LogP contribution in [0.25, 0.3) is 0 Å². The van der Waals surface area contributed by atoms with Crippen molar-refractivity contribution in [2.45, 2.75) is 110 Å². The van der Waals surface area contributed by atoms with E-state index in [1.165, 1.54) is 0 Å². The molecule has 1 fully saturated rings. The molecule has 2 N–H and O–H groups in total. The fourth-order valence-corrected chi connectivity index (χ4v) is 6.11. The Bertz CT molecular complexity index is 1020. The molecule has 0 bridgehead atoms. The zero-order valence-electron chi connectivity index (χ0n) is 27.7. The minimum Gasteiger partial charge on any atom is -0.480 e. The number of nitrogens with zero attached hydrogens (tertiary/aromatic N) is 2. The van der Waals surface area contributed by atoms with Gasteiger partial charge in [0.25, 0.3) is 0 Å². The van der Waals surface area contributed by atoms with Crippen LogP contribution in [0, 0.1) is 11.8 Å². The number of amides is 2. The number of methoxy groups -OCH3 is 2. The molecule has 2 amide bonds. The lowest BCUT2D eigenvalue weighted by molar-refractivity contribution is -0.143. The molecular weight excluding hydrogens is 550 g/mol. The number of hydrogen-bond acceptors (Lipinski definition) is 7. The van der Waals surface area contributed by atoms with E-state index in [1.54, 1.807) is 33.1 Å². The fraction of sp³-hybridized carbons (Fsp3) is 0.727. The summed E-state index contributed by atoms with van der Waals surface area (Å²) in [6.45, 7) is 13.2. The van der Waals surface area contributed by atoms with Crippen LogP contribution in [0.15, 0.2) is 30.3 Å². The quantitative estimate of drug-likeness (QED) is 0.281. The lowest BCUT2D eigenvalue weighted by Crippen LogP contribution is -2.53. The number of benzene rings is 1. The van der Waals surface area contributed by atoms with Crippen LogP contribution in [-0.4, -0.2) is 103 Å². The van der Waals surface area contributed by atoms with E-state index in [2.05, 4.69) is 24.1 Å². The molecule has 1 aliphatic heterocycles. The van der Waals surface area contributed by atoms with Gasteiger partial charge < -0.3 is 29.5 Å². The second-order valence-electron chi connectivity index (χ2n) is 12.9. The van der Waals surface area contributed by atoms with Gasteiger partial charge in [0, 0.05) is 40.3 Å². The molecule has 10 nitrogen and oxygen atoms in total. The maximum absolute atomic E-state index is 13.3. The van der Waals surface area contributed by atoms with Gasteiger partial charge in [-0.15, -0.1) is 0 Å². The number of carboxylic acid groups (broad SMARTS) is 1. The zero-order valence-corrected chi connectivity index (χ0v) is 27.7. The van der Waals surface area contributed by atoms with Crippen LogP contribution in [-0.2, 0) is 30.2 Å². The number of carbonyl (C=O) groups is 3. The number of nitrogens with one attached hydrogen (secondary N) is 1. The van der Waals surface area contributed by atoms with E-state index in [0.717, 1.165) is 31.4 Å². The molecule has 7 atom stereocenters. The van der Waals surface area contributed by atoms with Crippen molar-refractivity contribution in [1.82, 2.24) is 15.1 Å². The van der Waals surface area contributed by atoms with Gasteiger partial charge in [-0.1, -0.05) is 57.5 Å². The molecule has 244 valence electrons. The molecule has 0 radical (unpaired) electrons. The van der Waals surface area contributed by atoms with Crippen molar-refractivity contribution in [3.05, 3.63) is 35.9 Å². The van der Waals surface area contributed by atoms with Crippen molar-refractivity contribution >= 4 is 18.0 Å². The SMILES string of the molecule is CC[C@H](C)[C@@H]([C@@H](CCN1CCC[C@H]1[C@H](OC)[C@@H](C)C(=O)N[C@@H](Cc1ccccc1)C(=O)O)OC)N(C)C(=O)OC(C)(C)C. The maximum atomic E-state index is 13.3. The summed E-state index contributed by atoms with van der Waals surface area (Å²) in [7, 11) is 5.07. The predicted molar refractivity (Wildman–Crippen MR) is 167 cm³/mol. The number of carboxylic acids is 1. The zero-order chi connectivity index (χ0) is 32.3. The second kappa shape index (κ2) is 17.0. The predicted octanol–water partition coefficient (Wildman–Crippen LogP) is 4.60. The number of ether oxygens (including phenoxy) is 3. The fourth-order valence-electron chi connectivity index (χ4n) is 6.11. The normalized spacial score (nSPS) is 20.0. The minimum atomic E-state index is -1.07. The van der Waals surface area contributed by atoms with Crippen LogP contribution < -0.4 is 5.32 Å². The summed E-state index contributed by atoms with van der Waals surface area (Å²) in [6.07, 6.45) is 2.60. The molecule has 0 spiro atoms. The van der Waals surface area contributed by atoms with Crippen molar-refractivity contribution in [3.8, 4) is 0 Å². The molecule has 0 aromatic heterocycles. The minimum absolute atomic E-state index is 0.00806. The Morgan fingerprint density at radius 1 is 1.12 bits per heavy atom.